The molecule has 3 rings (SSSR count). The zero-order chi connectivity index (χ0) is 18.5. The van der Waals surface area contributed by atoms with Crippen molar-refractivity contribution in [2.24, 2.45) is 0 Å². The molecule has 0 unspecified atom stereocenters. The number of carbonyl (C=O) groups excluding carboxylic acids is 2. The van der Waals surface area contributed by atoms with Crippen LogP contribution in [-0.2, 0) is 22.6 Å². The lowest BCUT2D eigenvalue weighted by atomic mass is 10.1. The van der Waals surface area contributed by atoms with Crippen molar-refractivity contribution in [2.75, 3.05) is 11.4 Å². The first kappa shape index (κ1) is 18.6. The van der Waals surface area contributed by atoms with Gasteiger partial charge in [-0.05, 0) is 64.2 Å². The molecule has 0 radical (unpaired) electrons. The molecule has 1 aliphatic heterocycles. The standard InChI is InChI=1S/C20H20BrFN2O2/c21-17-11-14(7-8-18(17)22)12-19(25)23-13-15-4-3-5-16(10-15)24-9-2-1-6-20(24)26/h3-5,7-8,10-11H,1-2,6,9,12-13H2,(H,23,25). The maximum absolute atomic E-state index is 13.2. The second-order valence-electron chi connectivity index (χ2n) is 6.37. The predicted octanol–water partition coefficient (Wildman–Crippen LogP) is 3.96. The topological polar surface area (TPSA) is 49.4 Å². The first-order chi connectivity index (χ1) is 12.5. The van der Waals surface area contributed by atoms with E-state index < -0.39 is 0 Å². The Bertz CT molecular complexity index is 825. The number of nitrogens with one attached hydrogen (secondary N) is 1. The van der Waals surface area contributed by atoms with Crippen LogP contribution in [0.2, 0.25) is 0 Å². The van der Waals surface area contributed by atoms with Gasteiger partial charge in [0.25, 0.3) is 0 Å². The number of hydrogen-bond acceptors (Lipinski definition) is 2. The monoisotopic (exact) mass is 418 g/mol. The molecule has 1 N–H and O–H groups in total. The van der Waals surface area contributed by atoms with Crippen molar-refractivity contribution in [3.8, 4) is 0 Å². The Balaban J connectivity index is 1.58. The molecule has 136 valence electrons. The first-order valence-corrected chi connectivity index (χ1v) is 9.42. The van der Waals surface area contributed by atoms with Crippen molar-refractivity contribution in [3.05, 3.63) is 63.9 Å². The fourth-order valence-corrected chi connectivity index (χ4v) is 3.44. The smallest absolute Gasteiger partial charge is 0.226 e. The van der Waals surface area contributed by atoms with Crippen molar-refractivity contribution in [1.29, 1.82) is 0 Å². The van der Waals surface area contributed by atoms with E-state index in [9.17, 15) is 14.0 Å². The van der Waals surface area contributed by atoms with Crippen LogP contribution in [-0.4, -0.2) is 18.4 Å². The minimum atomic E-state index is -0.349. The van der Waals surface area contributed by atoms with Crippen molar-refractivity contribution in [3.63, 3.8) is 0 Å². The normalized spacial score (nSPS) is 14.4. The number of rotatable bonds is 5. The lowest BCUT2D eigenvalue weighted by Gasteiger charge is -2.27. The molecule has 0 aliphatic carbocycles. The summed E-state index contributed by atoms with van der Waals surface area (Å²) in [5.41, 5.74) is 2.56. The van der Waals surface area contributed by atoms with E-state index in [0.717, 1.165) is 36.2 Å². The van der Waals surface area contributed by atoms with E-state index in [1.807, 2.05) is 29.2 Å². The number of nitrogens with zero attached hydrogens (tertiary/aromatic N) is 1. The van der Waals surface area contributed by atoms with Crippen LogP contribution in [0.5, 0.6) is 0 Å². The molecule has 1 aliphatic rings. The minimum Gasteiger partial charge on any atom is -0.352 e. The van der Waals surface area contributed by atoms with E-state index in [1.54, 1.807) is 12.1 Å². The van der Waals surface area contributed by atoms with Gasteiger partial charge < -0.3 is 10.2 Å². The van der Waals surface area contributed by atoms with Gasteiger partial charge in [-0.1, -0.05) is 18.2 Å². The Kier molecular flexibility index (Phi) is 6.04. The number of halogens is 2. The first-order valence-electron chi connectivity index (χ1n) is 8.63. The Morgan fingerprint density at radius 3 is 2.77 bits per heavy atom. The van der Waals surface area contributed by atoms with Crippen LogP contribution >= 0.6 is 15.9 Å². The largest absolute Gasteiger partial charge is 0.352 e. The maximum atomic E-state index is 13.2. The van der Waals surface area contributed by atoms with E-state index in [1.165, 1.54) is 6.07 Å². The van der Waals surface area contributed by atoms with Crippen LogP contribution in [0.25, 0.3) is 0 Å². The van der Waals surface area contributed by atoms with Crippen LogP contribution < -0.4 is 10.2 Å². The number of anilines is 1. The van der Waals surface area contributed by atoms with E-state index in [4.69, 9.17) is 0 Å². The van der Waals surface area contributed by atoms with Gasteiger partial charge >= 0.3 is 0 Å². The molecule has 0 spiro atoms. The second-order valence-corrected chi connectivity index (χ2v) is 7.23. The molecule has 1 saturated heterocycles. The van der Waals surface area contributed by atoms with E-state index in [-0.39, 0.29) is 24.1 Å². The average Bonchev–Trinajstić information content (AvgIpc) is 2.64. The van der Waals surface area contributed by atoms with Crippen molar-refractivity contribution in [1.82, 2.24) is 5.32 Å². The van der Waals surface area contributed by atoms with Crippen LogP contribution in [0.3, 0.4) is 0 Å². The summed E-state index contributed by atoms with van der Waals surface area (Å²) in [6.07, 6.45) is 2.74. The van der Waals surface area contributed by atoms with Crippen molar-refractivity contribution in [2.45, 2.75) is 32.2 Å². The number of piperidine rings is 1. The molecule has 0 aromatic heterocycles. The van der Waals surface area contributed by atoms with Gasteiger partial charge in [-0.25, -0.2) is 4.39 Å². The summed E-state index contributed by atoms with van der Waals surface area (Å²) in [7, 11) is 0. The highest BCUT2D eigenvalue weighted by Gasteiger charge is 2.19. The lowest BCUT2D eigenvalue weighted by Crippen LogP contribution is -2.35. The molecule has 1 fully saturated rings. The summed E-state index contributed by atoms with van der Waals surface area (Å²) in [5.74, 6) is -0.333. The molecule has 0 atom stereocenters. The molecular formula is C20H20BrFN2O2. The molecule has 2 amide bonds. The maximum Gasteiger partial charge on any atom is 0.226 e. The van der Waals surface area contributed by atoms with Crippen LogP contribution in [0.4, 0.5) is 10.1 Å². The van der Waals surface area contributed by atoms with E-state index in [2.05, 4.69) is 21.2 Å². The third kappa shape index (κ3) is 4.69. The number of amides is 2. The quantitative estimate of drug-likeness (QED) is 0.798. The van der Waals surface area contributed by atoms with Gasteiger partial charge in [-0.3, -0.25) is 9.59 Å². The molecule has 2 aromatic carbocycles. The van der Waals surface area contributed by atoms with Gasteiger partial charge in [0.05, 0.1) is 10.9 Å². The van der Waals surface area contributed by atoms with E-state index >= 15 is 0 Å². The van der Waals surface area contributed by atoms with E-state index in [0.29, 0.717) is 17.4 Å². The van der Waals surface area contributed by atoms with Gasteiger partial charge in [0, 0.05) is 25.2 Å². The number of hydrogen-bond donors (Lipinski definition) is 1. The van der Waals surface area contributed by atoms with Gasteiger partial charge in [0.15, 0.2) is 0 Å². The minimum absolute atomic E-state index is 0.136. The molecule has 0 saturated carbocycles. The van der Waals surface area contributed by atoms with Gasteiger partial charge in [0.1, 0.15) is 5.82 Å². The molecule has 0 bridgehead atoms. The summed E-state index contributed by atoms with van der Waals surface area (Å²) in [6.45, 7) is 1.13. The number of carbonyl (C=O) groups is 2. The SMILES string of the molecule is O=C(Cc1ccc(F)c(Br)c1)NCc1cccc(N2CCCCC2=O)c1. The fourth-order valence-electron chi connectivity index (χ4n) is 3.01. The molecule has 2 aromatic rings. The van der Waals surface area contributed by atoms with Gasteiger partial charge in [-0.2, -0.15) is 0 Å². The third-order valence-corrected chi connectivity index (χ3v) is 4.99. The highest BCUT2D eigenvalue weighted by Crippen LogP contribution is 2.22. The Hall–Kier alpha value is -2.21. The second kappa shape index (κ2) is 8.45. The summed E-state index contributed by atoms with van der Waals surface area (Å²) >= 11 is 3.12. The van der Waals surface area contributed by atoms with Crippen LogP contribution in [0.15, 0.2) is 46.9 Å². The molecular weight excluding hydrogens is 399 g/mol. The van der Waals surface area contributed by atoms with Gasteiger partial charge in [-0.15, -0.1) is 0 Å². The molecule has 26 heavy (non-hydrogen) atoms. The summed E-state index contributed by atoms with van der Waals surface area (Å²) in [4.78, 5) is 26.0. The van der Waals surface area contributed by atoms with Crippen molar-refractivity contribution < 1.29 is 14.0 Å². The zero-order valence-corrected chi connectivity index (χ0v) is 15.9. The third-order valence-electron chi connectivity index (χ3n) is 4.38. The summed E-state index contributed by atoms with van der Waals surface area (Å²) < 4.78 is 13.6. The Morgan fingerprint density at radius 2 is 2.00 bits per heavy atom. The molecule has 1 heterocycles. The van der Waals surface area contributed by atoms with Crippen LogP contribution in [0.1, 0.15) is 30.4 Å². The fraction of sp³-hybridized carbons (Fsp3) is 0.300. The summed E-state index contributed by atoms with van der Waals surface area (Å²) in [6, 6.07) is 12.2. The number of benzene rings is 2. The van der Waals surface area contributed by atoms with Gasteiger partial charge in [0.2, 0.25) is 11.8 Å². The summed E-state index contributed by atoms with van der Waals surface area (Å²) in [5, 5.41) is 2.87. The molecule has 6 heteroatoms. The lowest BCUT2D eigenvalue weighted by molar-refractivity contribution is -0.121. The Labute approximate surface area is 160 Å². The highest BCUT2D eigenvalue weighted by atomic mass is 79.9. The molecule has 4 nitrogen and oxygen atoms in total. The highest BCUT2D eigenvalue weighted by molar-refractivity contribution is 9.10. The zero-order valence-electron chi connectivity index (χ0n) is 14.3. The predicted molar refractivity (Wildman–Crippen MR) is 102 cm³/mol. The van der Waals surface area contributed by atoms with Crippen LogP contribution in [0, 0.1) is 5.82 Å². The Morgan fingerprint density at radius 1 is 1.15 bits per heavy atom. The van der Waals surface area contributed by atoms with Crippen molar-refractivity contribution >= 4 is 33.4 Å². The average molecular weight is 419 g/mol.